The number of benzene rings is 2. The van der Waals surface area contributed by atoms with E-state index in [1.54, 1.807) is 18.3 Å². The van der Waals surface area contributed by atoms with Crippen molar-refractivity contribution in [2.24, 2.45) is 0 Å². The molecule has 0 bridgehead atoms. The van der Waals surface area contributed by atoms with Gasteiger partial charge >= 0.3 is 0 Å². The first-order chi connectivity index (χ1) is 13.5. The number of fused-ring (bicyclic) bond motifs is 1. The Labute approximate surface area is 167 Å². The molecule has 1 N–H and O–H groups in total. The van der Waals surface area contributed by atoms with E-state index in [-0.39, 0.29) is 5.91 Å². The fraction of sp³-hybridized carbons (Fsp3) is 0.182. The van der Waals surface area contributed by atoms with Gasteiger partial charge in [0.2, 0.25) is 0 Å². The van der Waals surface area contributed by atoms with E-state index >= 15 is 0 Å². The third kappa shape index (κ3) is 3.64. The lowest BCUT2D eigenvalue weighted by Crippen LogP contribution is -2.30. The molecule has 142 valence electrons. The Balaban J connectivity index is 1.54. The minimum Gasteiger partial charge on any atom is -0.481 e. The Morgan fingerprint density at radius 3 is 2.86 bits per heavy atom. The van der Waals surface area contributed by atoms with Gasteiger partial charge in [0.1, 0.15) is 5.75 Å². The summed E-state index contributed by atoms with van der Waals surface area (Å²) in [6, 6.07) is 13.6. The molecule has 1 amide bonds. The Bertz CT molecular complexity index is 1120. The van der Waals surface area contributed by atoms with Gasteiger partial charge in [-0.3, -0.25) is 9.20 Å². The van der Waals surface area contributed by atoms with Crippen molar-refractivity contribution >= 4 is 27.9 Å². The van der Waals surface area contributed by atoms with Gasteiger partial charge in [0, 0.05) is 23.3 Å². The molecule has 28 heavy (non-hydrogen) atoms. The standard InChI is InChI=1S/C22H21N3O2S/c1-14-8-9-15(2)20(12-14)27-16(3)21(26)23-18-7-5-4-6-17(18)19-13-25-10-11-28-22(25)24-19/h4-13,16H,1-3H3,(H,23,26). The maximum absolute atomic E-state index is 12.8. The average molecular weight is 391 g/mol. The molecule has 4 rings (SSSR count). The number of aromatic nitrogens is 2. The summed E-state index contributed by atoms with van der Waals surface area (Å²) < 4.78 is 7.89. The first-order valence-electron chi connectivity index (χ1n) is 9.07. The van der Waals surface area contributed by atoms with Crippen LogP contribution in [0.3, 0.4) is 0 Å². The second-order valence-corrected chi connectivity index (χ2v) is 7.66. The number of amides is 1. The molecule has 0 aliphatic rings. The van der Waals surface area contributed by atoms with Gasteiger partial charge in [-0.25, -0.2) is 4.98 Å². The number of carbonyl (C=O) groups is 1. The minimum absolute atomic E-state index is 0.200. The summed E-state index contributed by atoms with van der Waals surface area (Å²) in [6.45, 7) is 5.73. The number of hydrogen-bond donors (Lipinski definition) is 1. The fourth-order valence-corrected chi connectivity index (χ4v) is 3.69. The van der Waals surface area contributed by atoms with Crippen molar-refractivity contribution in [2.75, 3.05) is 5.32 Å². The molecule has 5 nitrogen and oxygen atoms in total. The third-order valence-corrected chi connectivity index (χ3v) is 5.34. The van der Waals surface area contributed by atoms with E-state index in [4.69, 9.17) is 4.74 Å². The predicted octanol–water partition coefficient (Wildman–Crippen LogP) is 5.09. The first-order valence-corrected chi connectivity index (χ1v) is 9.95. The Morgan fingerprint density at radius 2 is 2.04 bits per heavy atom. The number of hydrogen-bond acceptors (Lipinski definition) is 4. The molecule has 1 atom stereocenters. The lowest BCUT2D eigenvalue weighted by Gasteiger charge is -2.17. The van der Waals surface area contributed by atoms with E-state index in [9.17, 15) is 4.79 Å². The Hall–Kier alpha value is -3.12. The van der Waals surface area contributed by atoms with E-state index < -0.39 is 6.10 Å². The highest BCUT2D eigenvalue weighted by Crippen LogP contribution is 2.29. The molecule has 0 fully saturated rings. The molecule has 0 spiro atoms. The summed E-state index contributed by atoms with van der Waals surface area (Å²) in [5.41, 5.74) is 4.52. The molecule has 0 aliphatic carbocycles. The molecule has 4 aromatic rings. The number of rotatable bonds is 5. The largest absolute Gasteiger partial charge is 0.481 e. The van der Waals surface area contributed by atoms with Gasteiger partial charge in [0.15, 0.2) is 11.1 Å². The molecule has 1 unspecified atom stereocenters. The highest BCUT2D eigenvalue weighted by atomic mass is 32.1. The number of nitrogens with one attached hydrogen (secondary N) is 1. The maximum atomic E-state index is 12.8. The second-order valence-electron chi connectivity index (χ2n) is 6.78. The molecule has 2 aromatic heterocycles. The second kappa shape index (κ2) is 7.48. The van der Waals surface area contributed by atoms with E-state index in [1.807, 2.05) is 78.5 Å². The lowest BCUT2D eigenvalue weighted by atomic mass is 10.1. The van der Waals surface area contributed by atoms with Crippen molar-refractivity contribution in [1.82, 2.24) is 9.38 Å². The quantitative estimate of drug-likeness (QED) is 0.516. The Kier molecular flexibility index (Phi) is 4.88. The number of para-hydroxylation sites is 1. The summed E-state index contributed by atoms with van der Waals surface area (Å²) in [7, 11) is 0. The number of aryl methyl sites for hydroxylation is 2. The van der Waals surface area contributed by atoms with Crippen molar-refractivity contribution in [3.8, 4) is 17.0 Å². The molecule has 6 heteroatoms. The molecule has 0 radical (unpaired) electrons. The topological polar surface area (TPSA) is 55.6 Å². The van der Waals surface area contributed by atoms with Crippen LogP contribution in [-0.2, 0) is 4.79 Å². The van der Waals surface area contributed by atoms with Gasteiger partial charge in [0.05, 0.1) is 11.4 Å². The van der Waals surface area contributed by atoms with Crippen LogP contribution >= 0.6 is 11.3 Å². The summed E-state index contributed by atoms with van der Waals surface area (Å²) in [6.07, 6.45) is 3.31. The smallest absolute Gasteiger partial charge is 0.265 e. The molecular formula is C22H21N3O2S. The van der Waals surface area contributed by atoms with Gasteiger partial charge < -0.3 is 10.1 Å². The van der Waals surface area contributed by atoms with Crippen LogP contribution in [0, 0.1) is 13.8 Å². The average Bonchev–Trinajstić information content (AvgIpc) is 3.27. The lowest BCUT2D eigenvalue weighted by molar-refractivity contribution is -0.122. The zero-order chi connectivity index (χ0) is 19.7. The number of imidazole rings is 1. The van der Waals surface area contributed by atoms with Gasteiger partial charge in [-0.05, 0) is 44.0 Å². The van der Waals surface area contributed by atoms with Crippen molar-refractivity contribution in [3.63, 3.8) is 0 Å². The fourth-order valence-electron chi connectivity index (χ4n) is 2.99. The van der Waals surface area contributed by atoms with Crippen LogP contribution in [0.4, 0.5) is 5.69 Å². The first kappa shape index (κ1) is 18.3. The number of thiazole rings is 1. The van der Waals surface area contributed by atoms with Crippen LogP contribution < -0.4 is 10.1 Å². The number of anilines is 1. The van der Waals surface area contributed by atoms with Gasteiger partial charge in [0.25, 0.3) is 5.91 Å². The summed E-state index contributed by atoms with van der Waals surface area (Å²) in [4.78, 5) is 18.3. The zero-order valence-electron chi connectivity index (χ0n) is 16.0. The van der Waals surface area contributed by atoms with E-state index in [0.29, 0.717) is 0 Å². The highest BCUT2D eigenvalue weighted by molar-refractivity contribution is 7.15. The van der Waals surface area contributed by atoms with Crippen molar-refractivity contribution < 1.29 is 9.53 Å². The third-order valence-electron chi connectivity index (χ3n) is 4.57. The molecule has 0 saturated heterocycles. The van der Waals surface area contributed by atoms with E-state index in [1.165, 1.54) is 0 Å². The van der Waals surface area contributed by atoms with Crippen LogP contribution in [0.15, 0.2) is 60.2 Å². The minimum atomic E-state index is -0.626. The molecular weight excluding hydrogens is 370 g/mol. The van der Waals surface area contributed by atoms with Gasteiger partial charge in [-0.2, -0.15) is 0 Å². The molecule has 2 heterocycles. The summed E-state index contributed by atoms with van der Waals surface area (Å²) in [5.74, 6) is 0.527. The van der Waals surface area contributed by atoms with E-state index in [2.05, 4.69) is 10.3 Å². The van der Waals surface area contributed by atoms with Crippen LogP contribution in [0.2, 0.25) is 0 Å². The number of carbonyl (C=O) groups excluding carboxylic acids is 1. The summed E-state index contributed by atoms with van der Waals surface area (Å²) in [5, 5.41) is 4.98. The van der Waals surface area contributed by atoms with Crippen LogP contribution in [0.5, 0.6) is 5.75 Å². The Morgan fingerprint density at radius 1 is 1.21 bits per heavy atom. The maximum Gasteiger partial charge on any atom is 0.265 e. The van der Waals surface area contributed by atoms with Crippen molar-refractivity contribution in [2.45, 2.75) is 26.9 Å². The van der Waals surface area contributed by atoms with Crippen molar-refractivity contribution in [1.29, 1.82) is 0 Å². The van der Waals surface area contributed by atoms with Crippen molar-refractivity contribution in [3.05, 3.63) is 71.4 Å². The van der Waals surface area contributed by atoms with Gasteiger partial charge in [-0.1, -0.05) is 30.3 Å². The van der Waals surface area contributed by atoms with E-state index in [0.717, 1.165) is 38.8 Å². The molecule has 0 aliphatic heterocycles. The van der Waals surface area contributed by atoms with Crippen LogP contribution in [0.25, 0.3) is 16.2 Å². The monoisotopic (exact) mass is 391 g/mol. The predicted molar refractivity (Wildman–Crippen MR) is 113 cm³/mol. The number of ether oxygens (including phenoxy) is 1. The van der Waals surface area contributed by atoms with Crippen LogP contribution in [0.1, 0.15) is 18.1 Å². The zero-order valence-corrected chi connectivity index (χ0v) is 16.8. The molecule has 2 aromatic carbocycles. The number of nitrogens with zero attached hydrogens (tertiary/aromatic N) is 2. The van der Waals surface area contributed by atoms with Gasteiger partial charge in [-0.15, -0.1) is 11.3 Å². The molecule has 0 saturated carbocycles. The van der Waals surface area contributed by atoms with Crippen LogP contribution in [-0.4, -0.2) is 21.4 Å². The SMILES string of the molecule is Cc1ccc(C)c(OC(C)C(=O)Nc2ccccc2-c2cn3ccsc3n2)c1. The normalized spacial score (nSPS) is 12.1. The highest BCUT2D eigenvalue weighted by Gasteiger charge is 2.18. The summed E-state index contributed by atoms with van der Waals surface area (Å²) >= 11 is 1.58.